The largest absolute Gasteiger partial charge is 0.465 e. The van der Waals surface area contributed by atoms with Gasteiger partial charge in [0.1, 0.15) is 17.6 Å². The Hall–Kier alpha value is -1.95. The number of carbonyl (C=O) groups is 2. The summed E-state index contributed by atoms with van der Waals surface area (Å²) < 4.78 is 23.4. The Morgan fingerprint density at radius 3 is 2.61 bits per heavy atom. The number of halogens is 1. The molecule has 0 radical (unpaired) electrons. The van der Waals surface area contributed by atoms with E-state index in [1.54, 1.807) is 6.92 Å². The van der Waals surface area contributed by atoms with Crippen molar-refractivity contribution in [3.05, 3.63) is 29.1 Å². The van der Waals surface area contributed by atoms with Crippen molar-refractivity contribution in [2.24, 2.45) is 0 Å². The predicted molar refractivity (Wildman–Crippen MR) is 63.2 cm³/mol. The normalized spacial score (nSPS) is 11.8. The highest BCUT2D eigenvalue weighted by Crippen LogP contribution is 2.23. The lowest BCUT2D eigenvalue weighted by Crippen LogP contribution is -2.20. The molecule has 1 aromatic carbocycles. The SMILES string of the molecule is COC(=O)c1c(N[C@@H](C)OC)ccc(C=O)c1F. The van der Waals surface area contributed by atoms with Crippen LogP contribution in [0.1, 0.15) is 27.6 Å². The van der Waals surface area contributed by atoms with E-state index in [4.69, 9.17) is 4.74 Å². The molecule has 0 saturated carbocycles. The third-order valence-electron chi connectivity index (χ3n) is 2.40. The summed E-state index contributed by atoms with van der Waals surface area (Å²) in [5.41, 5.74) is -0.309. The summed E-state index contributed by atoms with van der Waals surface area (Å²) in [6, 6.07) is 2.70. The molecule has 0 aliphatic carbocycles. The molecule has 0 bridgehead atoms. The number of hydrogen-bond acceptors (Lipinski definition) is 5. The van der Waals surface area contributed by atoms with Gasteiger partial charge in [0.25, 0.3) is 0 Å². The van der Waals surface area contributed by atoms with Crippen LogP contribution in [0.15, 0.2) is 12.1 Å². The Balaban J connectivity index is 3.29. The minimum atomic E-state index is -0.912. The average Bonchev–Trinajstić information content (AvgIpc) is 2.38. The molecule has 0 aliphatic rings. The second-order valence-corrected chi connectivity index (χ2v) is 3.52. The van der Waals surface area contributed by atoms with Crippen LogP contribution in [0.2, 0.25) is 0 Å². The van der Waals surface area contributed by atoms with Crippen molar-refractivity contribution < 1.29 is 23.5 Å². The Kier molecular flexibility index (Phi) is 4.79. The third kappa shape index (κ3) is 2.84. The number of hydrogen-bond donors (Lipinski definition) is 1. The van der Waals surface area contributed by atoms with E-state index < -0.39 is 18.0 Å². The summed E-state index contributed by atoms with van der Waals surface area (Å²) >= 11 is 0. The lowest BCUT2D eigenvalue weighted by molar-refractivity contribution is 0.0596. The molecule has 0 unspecified atom stereocenters. The van der Waals surface area contributed by atoms with E-state index in [1.807, 2.05) is 0 Å². The van der Waals surface area contributed by atoms with Gasteiger partial charge in [-0.25, -0.2) is 9.18 Å². The maximum atomic E-state index is 13.9. The van der Waals surface area contributed by atoms with Crippen molar-refractivity contribution in [1.29, 1.82) is 0 Å². The zero-order chi connectivity index (χ0) is 13.7. The molecule has 5 nitrogen and oxygen atoms in total. The van der Waals surface area contributed by atoms with Gasteiger partial charge in [-0.15, -0.1) is 0 Å². The van der Waals surface area contributed by atoms with Gasteiger partial charge in [-0.1, -0.05) is 0 Å². The van der Waals surface area contributed by atoms with Crippen molar-refractivity contribution >= 4 is 17.9 Å². The molecule has 98 valence electrons. The highest BCUT2D eigenvalue weighted by atomic mass is 19.1. The van der Waals surface area contributed by atoms with Crippen LogP contribution in [-0.2, 0) is 9.47 Å². The summed E-state index contributed by atoms with van der Waals surface area (Å²) in [4.78, 5) is 22.2. The first-order valence-electron chi connectivity index (χ1n) is 5.20. The summed E-state index contributed by atoms with van der Waals surface area (Å²) in [5, 5.41) is 2.79. The van der Waals surface area contributed by atoms with Gasteiger partial charge in [-0.2, -0.15) is 0 Å². The van der Waals surface area contributed by atoms with Crippen LogP contribution in [0.5, 0.6) is 0 Å². The van der Waals surface area contributed by atoms with Gasteiger partial charge in [0.05, 0.1) is 18.4 Å². The Morgan fingerprint density at radius 2 is 2.11 bits per heavy atom. The lowest BCUT2D eigenvalue weighted by atomic mass is 10.1. The molecular formula is C12H14FNO4. The Morgan fingerprint density at radius 1 is 1.44 bits per heavy atom. The highest BCUT2D eigenvalue weighted by molar-refractivity contribution is 5.98. The predicted octanol–water partition coefficient (Wildman–Crippen LogP) is 1.83. The molecule has 1 atom stereocenters. The van der Waals surface area contributed by atoms with E-state index in [9.17, 15) is 14.0 Å². The van der Waals surface area contributed by atoms with Gasteiger partial charge < -0.3 is 14.8 Å². The number of ether oxygens (including phenoxy) is 2. The Bertz CT molecular complexity index is 462. The van der Waals surface area contributed by atoms with Crippen LogP contribution < -0.4 is 5.32 Å². The molecule has 0 aromatic heterocycles. The van der Waals surface area contributed by atoms with E-state index in [0.717, 1.165) is 7.11 Å². The monoisotopic (exact) mass is 255 g/mol. The number of carbonyl (C=O) groups excluding carboxylic acids is 2. The van der Waals surface area contributed by atoms with E-state index in [1.165, 1.54) is 19.2 Å². The second kappa shape index (κ2) is 6.11. The lowest BCUT2D eigenvalue weighted by Gasteiger charge is -2.16. The van der Waals surface area contributed by atoms with E-state index >= 15 is 0 Å². The smallest absolute Gasteiger partial charge is 0.343 e. The fraction of sp³-hybridized carbons (Fsp3) is 0.333. The first kappa shape index (κ1) is 14.1. The summed E-state index contributed by atoms with van der Waals surface area (Å²) in [5.74, 6) is -1.77. The minimum absolute atomic E-state index is 0.203. The number of methoxy groups -OCH3 is 2. The average molecular weight is 255 g/mol. The number of aldehydes is 1. The molecule has 6 heteroatoms. The zero-order valence-corrected chi connectivity index (χ0v) is 10.3. The maximum Gasteiger partial charge on any atom is 0.343 e. The first-order valence-corrected chi connectivity index (χ1v) is 5.20. The molecule has 0 fully saturated rings. The number of nitrogens with one attached hydrogen (secondary N) is 1. The topological polar surface area (TPSA) is 64.6 Å². The summed E-state index contributed by atoms with van der Waals surface area (Å²) in [7, 11) is 2.60. The summed E-state index contributed by atoms with van der Waals surface area (Å²) in [6.45, 7) is 1.69. The van der Waals surface area contributed by atoms with Gasteiger partial charge in [0.15, 0.2) is 6.29 Å². The first-order chi connectivity index (χ1) is 8.54. The summed E-state index contributed by atoms with van der Waals surface area (Å²) in [6.07, 6.45) is -0.0828. The van der Waals surface area contributed by atoms with Crippen LogP contribution in [-0.4, -0.2) is 32.7 Å². The second-order valence-electron chi connectivity index (χ2n) is 3.52. The van der Waals surface area contributed by atoms with Gasteiger partial charge in [-0.3, -0.25) is 4.79 Å². The van der Waals surface area contributed by atoms with E-state index in [2.05, 4.69) is 10.1 Å². The van der Waals surface area contributed by atoms with Crippen LogP contribution in [0.4, 0.5) is 10.1 Å². The van der Waals surface area contributed by atoms with E-state index in [-0.39, 0.29) is 16.8 Å². The van der Waals surface area contributed by atoms with Crippen molar-refractivity contribution in [2.45, 2.75) is 13.2 Å². The fourth-order valence-corrected chi connectivity index (χ4v) is 1.38. The van der Waals surface area contributed by atoms with Crippen molar-refractivity contribution in [3.63, 3.8) is 0 Å². The number of anilines is 1. The molecule has 1 N–H and O–H groups in total. The zero-order valence-electron chi connectivity index (χ0n) is 10.3. The van der Waals surface area contributed by atoms with Crippen LogP contribution in [0.25, 0.3) is 0 Å². The van der Waals surface area contributed by atoms with Gasteiger partial charge in [0.2, 0.25) is 0 Å². The number of esters is 1. The van der Waals surface area contributed by atoms with Crippen molar-refractivity contribution in [2.75, 3.05) is 19.5 Å². The van der Waals surface area contributed by atoms with Crippen LogP contribution in [0.3, 0.4) is 0 Å². The molecule has 0 spiro atoms. The molecule has 1 aromatic rings. The van der Waals surface area contributed by atoms with Crippen molar-refractivity contribution in [1.82, 2.24) is 0 Å². The minimum Gasteiger partial charge on any atom is -0.465 e. The highest BCUT2D eigenvalue weighted by Gasteiger charge is 2.21. The van der Waals surface area contributed by atoms with Crippen LogP contribution in [0, 0.1) is 5.82 Å². The number of rotatable bonds is 5. The fourth-order valence-electron chi connectivity index (χ4n) is 1.38. The maximum absolute atomic E-state index is 13.9. The van der Waals surface area contributed by atoms with Crippen LogP contribution >= 0.6 is 0 Å². The molecule has 0 heterocycles. The molecule has 0 saturated heterocycles. The van der Waals surface area contributed by atoms with Crippen molar-refractivity contribution in [3.8, 4) is 0 Å². The van der Waals surface area contributed by atoms with Gasteiger partial charge >= 0.3 is 5.97 Å². The third-order valence-corrected chi connectivity index (χ3v) is 2.40. The molecule has 18 heavy (non-hydrogen) atoms. The van der Waals surface area contributed by atoms with Gasteiger partial charge in [-0.05, 0) is 19.1 Å². The molecule has 0 aliphatic heterocycles. The number of benzene rings is 1. The standard InChI is InChI=1S/C12H14FNO4/c1-7(17-2)14-9-5-4-8(6-15)11(13)10(9)12(16)18-3/h4-7,14H,1-3H3/t7-/m1/s1. The molecule has 0 amide bonds. The molecular weight excluding hydrogens is 241 g/mol. The van der Waals surface area contributed by atoms with Gasteiger partial charge in [0, 0.05) is 7.11 Å². The Labute approximate surface area is 104 Å². The molecule has 1 rings (SSSR count). The van der Waals surface area contributed by atoms with E-state index in [0.29, 0.717) is 6.29 Å². The quantitative estimate of drug-likeness (QED) is 0.494.